The Morgan fingerprint density at radius 1 is 1.27 bits per heavy atom. The van der Waals surface area contributed by atoms with Crippen molar-refractivity contribution in [1.29, 1.82) is 0 Å². The minimum atomic E-state index is -0.365. The van der Waals surface area contributed by atoms with E-state index in [0.717, 1.165) is 25.9 Å². The van der Waals surface area contributed by atoms with E-state index in [1.54, 1.807) is 0 Å². The lowest BCUT2D eigenvalue weighted by molar-refractivity contribution is -0.106. The number of carbonyl (C=O) groups is 1. The molecule has 0 aromatic carbocycles. The third-order valence-corrected chi connectivity index (χ3v) is 2.36. The van der Waals surface area contributed by atoms with Crippen LogP contribution in [-0.4, -0.2) is 28.6 Å². The van der Waals surface area contributed by atoms with Crippen LogP contribution in [0.25, 0.3) is 0 Å². The Hall–Kier alpha value is -0.460. The number of hydrogen-bond donors (Lipinski definition) is 1. The summed E-state index contributed by atoms with van der Waals surface area (Å²) in [7, 11) is 0. The summed E-state index contributed by atoms with van der Waals surface area (Å²) < 4.78 is 0. The predicted octanol–water partition coefficient (Wildman–Crippen LogP) is 2.35. The van der Waals surface area contributed by atoms with Gasteiger partial charge in [-0.1, -0.05) is 32.4 Å². The van der Waals surface area contributed by atoms with Crippen LogP contribution in [0.4, 0.5) is 0 Å². The lowest BCUT2D eigenvalue weighted by atomic mass is 10.0. The highest BCUT2D eigenvalue weighted by atomic mass is 32.1. The molecule has 0 aromatic heterocycles. The minimum absolute atomic E-state index is 0.246. The third kappa shape index (κ3) is 5.86. The summed E-state index contributed by atoms with van der Waals surface area (Å²) in [4.78, 5) is 13.0. The molecular weight excluding hydrogens is 206 g/mol. The van der Waals surface area contributed by atoms with E-state index in [9.17, 15) is 4.79 Å². The lowest BCUT2D eigenvalue weighted by Gasteiger charge is -2.34. The molecule has 0 saturated carbocycles. The molecule has 0 amide bonds. The Morgan fingerprint density at radius 2 is 1.73 bits per heavy atom. The highest BCUT2D eigenvalue weighted by Crippen LogP contribution is 2.14. The van der Waals surface area contributed by atoms with E-state index < -0.39 is 0 Å². The maximum Gasteiger partial charge on any atom is 0.259 e. The van der Waals surface area contributed by atoms with Gasteiger partial charge in [-0.05, 0) is 45.7 Å². The van der Waals surface area contributed by atoms with Gasteiger partial charge in [0.25, 0.3) is 5.12 Å². The second kappa shape index (κ2) is 6.92. The Morgan fingerprint density at radius 3 is 2.07 bits per heavy atom. The van der Waals surface area contributed by atoms with Crippen LogP contribution < -0.4 is 0 Å². The van der Waals surface area contributed by atoms with Gasteiger partial charge >= 0.3 is 0 Å². The fourth-order valence-corrected chi connectivity index (χ4v) is 1.55. The molecule has 0 aliphatic carbocycles. The summed E-state index contributed by atoms with van der Waals surface area (Å²) >= 11 is 3.65. The molecule has 0 spiro atoms. The number of hydrogen-bond acceptors (Lipinski definition) is 2. The third-order valence-electron chi connectivity index (χ3n) is 2.25. The van der Waals surface area contributed by atoms with Crippen molar-refractivity contribution in [2.24, 2.45) is 0 Å². The monoisotopic (exact) mass is 227 g/mol. The highest BCUT2D eigenvalue weighted by molar-refractivity contribution is 7.97. The molecule has 0 bridgehead atoms. The number of rotatable bonds is 5. The minimum Gasteiger partial charge on any atom is -0.288 e. The Bertz CT molecular complexity index is 257. The normalized spacial score (nSPS) is 11.1. The molecule has 0 fully saturated rings. The van der Waals surface area contributed by atoms with Crippen molar-refractivity contribution in [2.45, 2.75) is 46.1 Å². The van der Waals surface area contributed by atoms with Crippen LogP contribution in [0.3, 0.4) is 0 Å². The van der Waals surface area contributed by atoms with Gasteiger partial charge in [-0.25, -0.2) is 0 Å². The molecule has 0 aliphatic rings. The van der Waals surface area contributed by atoms with E-state index in [1.165, 1.54) is 0 Å². The van der Waals surface area contributed by atoms with Crippen LogP contribution in [0.15, 0.2) is 0 Å². The van der Waals surface area contributed by atoms with E-state index >= 15 is 0 Å². The molecule has 0 heterocycles. The van der Waals surface area contributed by atoms with Crippen LogP contribution in [0, 0.1) is 11.8 Å². The van der Waals surface area contributed by atoms with E-state index in [1.807, 2.05) is 13.8 Å². The Labute approximate surface area is 98.8 Å². The van der Waals surface area contributed by atoms with Crippen molar-refractivity contribution in [3.05, 3.63) is 0 Å². The van der Waals surface area contributed by atoms with Crippen LogP contribution in [0.1, 0.15) is 40.5 Å². The van der Waals surface area contributed by atoms with Crippen LogP contribution in [-0.2, 0) is 4.79 Å². The second-order valence-electron chi connectivity index (χ2n) is 4.10. The van der Waals surface area contributed by atoms with Crippen molar-refractivity contribution < 1.29 is 4.79 Å². The molecular formula is C12H21NOS. The fourth-order valence-electron chi connectivity index (χ4n) is 1.50. The van der Waals surface area contributed by atoms with Gasteiger partial charge in [-0.2, -0.15) is 0 Å². The number of nitrogens with zero attached hydrogens (tertiary/aromatic N) is 1. The second-order valence-corrected chi connectivity index (χ2v) is 4.51. The molecule has 86 valence electrons. The van der Waals surface area contributed by atoms with Crippen LogP contribution in [0.2, 0.25) is 0 Å². The summed E-state index contributed by atoms with van der Waals surface area (Å²) in [5.41, 5.74) is -0.246. The van der Waals surface area contributed by atoms with Crippen molar-refractivity contribution in [1.82, 2.24) is 4.90 Å². The van der Waals surface area contributed by atoms with E-state index in [2.05, 4.69) is 43.2 Å². The highest BCUT2D eigenvalue weighted by Gasteiger charge is 2.22. The lowest BCUT2D eigenvalue weighted by Crippen LogP contribution is -2.43. The first-order chi connectivity index (χ1) is 6.94. The molecule has 3 heteroatoms. The smallest absolute Gasteiger partial charge is 0.259 e. The zero-order valence-electron chi connectivity index (χ0n) is 10.1. The maximum atomic E-state index is 10.7. The topological polar surface area (TPSA) is 20.3 Å². The predicted molar refractivity (Wildman–Crippen MR) is 68.0 cm³/mol. The molecule has 0 atom stereocenters. The van der Waals surface area contributed by atoms with Crippen LogP contribution >= 0.6 is 12.6 Å². The van der Waals surface area contributed by atoms with Gasteiger partial charge in [0.1, 0.15) is 0 Å². The van der Waals surface area contributed by atoms with Crippen LogP contribution in [0.5, 0.6) is 0 Å². The molecule has 0 rings (SSSR count). The summed E-state index contributed by atoms with van der Waals surface area (Å²) in [6.07, 6.45) is 2.19. The van der Waals surface area contributed by atoms with E-state index in [0.29, 0.717) is 0 Å². The number of carbonyl (C=O) groups excluding carboxylic acids is 1. The zero-order chi connectivity index (χ0) is 11.9. The molecule has 0 N–H and O–H groups in total. The fraction of sp³-hybridized carbons (Fsp3) is 0.750. The molecule has 0 saturated heterocycles. The van der Waals surface area contributed by atoms with Gasteiger partial charge in [0.2, 0.25) is 0 Å². The molecule has 0 aromatic rings. The Balaban J connectivity index is 4.63. The summed E-state index contributed by atoms with van der Waals surface area (Å²) in [6, 6.07) is 0. The molecule has 2 nitrogen and oxygen atoms in total. The van der Waals surface area contributed by atoms with Gasteiger partial charge < -0.3 is 0 Å². The van der Waals surface area contributed by atoms with Crippen molar-refractivity contribution >= 4 is 17.7 Å². The first-order valence-electron chi connectivity index (χ1n) is 5.45. The first kappa shape index (κ1) is 14.5. The van der Waals surface area contributed by atoms with Gasteiger partial charge in [0, 0.05) is 0 Å². The van der Waals surface area contributed by atoms with E-state index in [4.69, 9.17) is 0 Å². The summed E-state index contributed by atoms with van der Waals surface area (Å²) in [5, 5.41) is -0.365. The number of thiol groups is 1. The SMILES string of the molecule is CCCN(CCC)C(C)(C)C#CC(=O)S. The maximum absolute atomic E-state index is 10.7. The summed E-state index contributed by atoms with van der Waals surface area (Å²) in [6.45, 7) is 10.4. The zero-order valence-corrected chi connectivity index (χ0v) is 11.0. The van der Waals surface area contributed by atoms with Gasteiger partial charge in [-0.15, -0.1) is 0 Å². The van der Waals surface area contributed by atoms with Crippen molar-refractivity contribution in [3.63, 3.8) is 0 Å². The molecule has 0 unspecified atom stereocenters. The van der Waals surface area contributed by atoms with Gasteiger partial charge in [0.05, 0.1) is 5.54 Å². The molecule has 15 heavy (non-hydrogen) atoms. The quantitative estimate of drug-likeness (QED) is 0.575. The largest absolute Gasteiger partial charge is 0.288 e. The van der Waals surface area contributed by atoms with Crippen molar-refractivity contribution in [2.75, 3.05) is 13.1 Å². The standard InChI is InChI=1S/C12H21NOS/c1-5-9-13(10-6-2)12(3,4)8-7-11(14)15/h5-6,9-10H2,1-4H3,(H,14,15). The Kier molecular flexibility index (Phi) is 6.71. The average Bonchev–Trinajstić information content (AvgIpc) is 2.15. The van der Waals surface area contributed by atoms with E-state index in [-0.39, 0.29) is 10.7 Å². The van der Waals surface area contributed by atoms with Crippen molar-refractivity contribution in [3.8, 4) is 11.8 Å². The summed E-state index contributed by atoms with van der Waals surface area (Å²) in [5.74, 6) is 5.49. The molecule has 0 aliphatic heterocycles. The first-order valence-corrected chi connectivity index (χ1v) is 5.90. The van der Waals surface area contributed by atoms with Gasteiger partial charge in [-0.3, -0.25) is 9.69 Å². The van der Waals surface area contributed by atoms with Gasteiger partial charge in [0.15, 0.2) is 0 Å². The average molecular weight is 227 g/mol. The molecule has 0 radical (unpaired) electrons.